The molecule has 1 heterocycles. The highest BCUT2D eigenvalue weighted by Gasteiger charge is 2.18. The zero-order chi connectivity index (χ0) is 16.1. The van der Waals surface area contributed by atoms with Crippen LogP contribution in [-0.2, 0) is 4.79 Å². The Bertz CT molecular complexity index is 731. The summed E-state index contributed by atoms with van der Waals surface area (Å²) in [6, 6.07) is 7.39. The molecular weight excluding hydrogens is 290 g/mol. The summed E-state index contributed by atoms with van der Waals surface area (Å²) in [6.07, 6.45) is 2.55. The highest BCUT2D eigenvalue weighted by molar-refractivity contribution is 5.88. The Morgan fingerprint density at radius 2 is 2.09 bits per heavy atom. The van der Waals surface area contributed by atoms with E-state index >= 15 is 0 Å². The molecule has 0 atom stereocenters. The first kappa shape index (κ1) is 15.3. The first-order valence-corrected chi connectivity index (χ1v) is 6.28. The number of furan rings is 1. The highest BCUT2D eigenvalue weighted by atomic mass is 16.6. The first-order chi connectivity index (χ1) is 10.5. The third kappa shape index (κ3) is 3.72. The third-order valence-electron chi connectivity index (χ3n) is 2.72. The van der Waals surface area contributed by atoms with Gasteiger partial charge in [0, 0.05) is 6.08 Å². The molecule has 0 aliphatic carbocycles. The molecule has 1 aromatic carbocycles. The van der Waals surface area contributed by atoms with E-state index in [2.05, 4.69) is 0 Å². The van der Waals surface area contributed by atoms with Gasteiger partial charge in [0.1, 0.15) is 17.3 Å². The number of aryl methyl sites for hydroxylation is 1. The van der Waals surface area contributed by atoms with Crippen LogP contribution in [0, 0.1) is 17.0 Å². The molecule has 7 heteroatoms. The van der Waals surface area contributed by atoms with Gasteiger partial charge in [0.25, 0.3) is 0 Å². The minimum absolute atomic E-state index is 0.156. The lowest BCUT2D eigenvalue weighted by atomic mass is 10.3. The summed E-state index contributed by atoms with van der Waals surface area (Å²) >= 11 is 0. The van der Waals surface area contributed by atoms with E-state index < -0.39 is 10.9 Å². The number of carbonyl (C=O) groups is 1. The van der Waals surface area contributed by atoms with Gasteiger partial charge in [0.05, 0.1) is 18.1 Å². The molecule has 0 saturated heterocycles. The number of hydrogen-bond acceptors (Lipinski definition) is 6. The Balaban J connectivity index is 2.14. The van der Waals surface area contributed by atoms with Crippen LogP contribution in [0.15, 0.2) is 40.8 Å². The zero-order valence-corrected chi connectivity index (χ0v) is 11.9. The van der Waals surface area contributed by atoms with Crippen molar-refractivity contribution in [2.75, 3.05) is 7.11 Å². The number of rotatable bonds is 5. The van der Waals surface area contributed by atoms with Crippen molar-refractivity contribution in [2.45, 2.75) is 6.92 Å². The van der Waals surface area contributed by atoms with E-state index in [9.17, 15) is 14.9 Å². The number of nitro benzene ring substituents is 1. The zero-order valence-electron chi connectivity index (χ0n) is 11.9. The maximum atomic E-state index is 11.7. The molecule has 0 bridgehead atoms. The number of esters is 1. The van der Waals surface area contributed by atoms with Gasteiger partial charge in [-0.15, -0.1) is 0 Å². The van der Waals surface area contributed by atoms with Crippen molar-refractivity contribution in [1.29, 1.82) is 0 Å². The second-order valence-electron chi connectivity index (χ2n) is 4.29. The number of methoxy groups -OCH3 is 1. The normalized spacial score (nSPS) is 10.6. The number of ether oxygens (including phenoxy) is 2. The van der Waals surface area contributed by atoms with Crippen LogP contribution in [0.1, 0.15) is 11.5 Å². The molecule has 114 valence electrons. The fourth-order valence-electron chi connectivity index (χ4n) is 1.69. The van der Waals surface area contributed by atoms with Crippen LogP contribution in [0.25, 0.3) is 6.08 Å². The second-order valence-corrected chi connectivity index (χ2v) is 4.29. The van der Waals surface area contributed by atoms with Crippen molar-refractivity contribution in [3.63, 3.8) is 0 Å². The van der Waals surface area contributed by atoms with Gasteiger partial charge in [-0.1, -0.05) is 0 Å². The Morgan fingerprint density at radius 1 is 1.32 bits per heavy atom. The molecule has 0 spiro atoms. The fourth-order valence-corrected chi connectivity index (χ4v) is 1.69. The highest BCUT2D eigenvalue weighted by Crippen LogP contribution is 2.31. The summed E-state index contributed by atoms with van der Waals surface area (Å²) in [7, 11) is 1.39. The molecule has 0 saturated carbocycles. The van der Waals surface area contributed by atoms with E-state index in [4.69, 9.17) is 13.9 Å². The van der Waals surface area contributed by atoms with Crippen LogP contribution >= 0.6 is 0 Å². The van der Waals surface area contributed by atoms with Crippen LogP contribution in [0.5, 0.6) is 11.5 Å². The smallest absolute Gasteiger partial charge is 0.336 e. The predicted octanol–water partition coefficient (Wildman–Crippen LogP) is 3.12. The average molecular weight is 303 g/mol. The van der Waals surface area contributed by atoms with Gasteiger partial charge in [-0.05, 0) is 37.3 Å². The maximum Gasteiger partial charge on any atom is 0.336 e. The number of carbonyl (C=O) groups excluding carboxylic acids is 1. The van der Waals surface area contributed by atoms with E-state index in [1.165, 1.54) is 31.4 Å². The van der Waals surface area contributed by atoms with Gasteiger partial charge in [-0.25, -0.2) is 4.79 Å². The lowest BCUT2D eigenvalue weighted by molar-refractivity contribution is -0.385. The quantitative estimate of drug-likeness (QED) is 0.277. The van der Waals surface area contributed by atoms with E-state index in [0.29, 0.717) is 17.3 Å². The second kappa shape index (κ2) is 6.57. The molecule has 2 rings (SSSR count). The van der Waals surface area contributed by atoms with Gasteiger partial charge in [0.2, 0.25) is 5.75 Å². The Labute approximate surface area is 125 Å². The van der Waals surface area contributed by atoms with Crippen molar-refractivity contribution in [3.8, 4) is 11.5 Å². The molecule has 0 aliphatic rings. The predicted molar refractivity (Wildman–Crippen MR) is 77.8 cm³/mol. The topological polar surface area (TPSA) is 91.8 Å². The summed E-state index contributed by atoms with van der Waals surface area (Å²) in [6.45, 7) is 1.77. The van der Waals surface area contributed by atoms with Gasteiger partial charge in [-0.3, -0.25) is 10.1 Å². The van der Waals surface area contributed by atoms with Crippen molar-refractivity contribution in [2.24, 2.45) is 0 Å². The maximum absolute atomic E-state index is 11.7. The van der Waals surface area contributed by atoms with Crippen molar-refractivity contribution in [3.05, 3.63) is 58.0 Å². The van der Waals surface area contributed by atoms with Crippen molar-refractivity contribution < 1.29 is 23.6 Å². The Hall–Kier alpha value is -3.09. The largest absolute Gasteiger partial charge is 0.496 e. The van der Waals surface area contributed by atoms with E-state index in [0.717, 1.165) is 6.08 Å². The molecule has 0 amide bonds. The molecule has 0 N–H and O–H groups in total. The van der Waals surface area contributed by atoms with Crippen LogP contribution in [0.2, 0.25) is 0 Å². The third-order valence-corrected chi connectivity index (χ3v) is 2.72. The molecule has 2 aromatic rings. The van der Waals surface area contributed by atoms with Gasteiger partial charge < -0.3 is 13.9 Å². The summed E-state index contributed by atoms with van der Waals surface area (Å²) in [4.78, 5) is 22.0. The summed E-state index contributed by atoms with van der Waals surface area (Å²) < 4.78 is 15.1. The molecular formula is C15H13NO6. The Kier molecular flexibility index (Phi) is 4.57. The fraction of sp³-hybridized carbons (Fsp3) is 0.133. The average Bonchev–Trinajstić information content (AvgIpc) is 2.91. The SMILES string of the molecule is COc1ccc(OC(=O)/C=C/c2ccc(C)o2)c([N+](=O)[O-])c1. The van der Waals surface area contributed by atoms with Crippen LogP contribution in [-0.4, -0.2) is 18.0 Å². The lowest BCUT2D eigenvalue weighted by Gasteiger charge is -2.04. The van der Waals surface area contributed by atoms with Crippen LogP contribution < -0.4 is 9.47 Å². The van der Waals surface area contributed by atoms with Crippen molar-refractivity contribution in [1.82, 2.24) is 0 Å². The van der Waals surface area contributed by atoms with Crippen molar-refractivity contribution >= 4 is 17.7 Å². The molecule has 7 nitrogen and oxygen atoms in total. The van der Waals surface area contributed by atoms with Gasteiger partial charge in [0.15, 0.2) is 0 Å². The van der Waals surface area contributed by atoms with Gasteiger partial charge >= 0.3 is 11.7 Å². The molecule has 0 fully saturated rings. The number of nitro groups is 1. The summed E-state index contributed by atoms with van der Waals surface area (Å²) in [5.41, 5.74) is -0.352. The first-order valence-electron chi connectivity index (χ1n) is 6.28. The summed E-state index contributed by atoms with van der Waals surface area (Å²) in [5.74, 6) is 0.587. The van der Waals surface area contributed by atoms with Gasteiger partial charge in [-0.2, -0.15) is 0 Å². The molecule has 22 heavy (non-hydrogen) atoms. The summed E-state index contributed by atoms with van der Waals surface area (Å²) in [5, 5.41) is 11.0. The molecule has 0 unspecified atom stereocenters. The van der Waals surface area contributed by atoms with Crippen LogP contribution in [0.3, 0.4) is 0 Å². The number of benzene rings is 1. The molecule has 0 radical (unpaired) electrons. The molecule has 1 aromatic heterocycles. The van der Waals surface area contributed by atoms with E-state index in [-0.39, 0.29) is 11.4 Å². The minimum atomic E-state index is -0.748. The molecule has 0 aliphatic heterocycles. The van der Waals surface area contributed by atoms with E-state index in [1.807, 2.05) is 0 Å². The lowest BCUT2D eigenvalue weighted by Crippen LogP contribution is -2.06. The van der Waals surface area contributed by atoms with Crippen LogP contribution in [0.4, 0.5) is 5.69 Å². The number of nitrogens with zero attached hydrogens (tertiary/aromatic N) is 1. The monoisotopic (exact) mass is 303 g/mol. The van der Waals surface area contributed by atoms with E-state index in [1.54, 1.807) is 19.1 Å². The minimum Gasteiger partial charge on any atom is -0.496 e. The Morgan fingerprint density at radius 3 is 2.68 bits per heavy atom. The standard InChI is InChI=1S/C15H13NO6/c1-10-3-4-11(21-10)6-8-15(17)22-14-7-5-12(20-2)9-13(14)16(18)19/h3-9H,1-2H3/b8-6+. The number of hydrogen-bond donors (Lipinski definition) is 0.